The summed E-state index contributed by atoms with van der Waals surface area (Å²) < 4.78 is 15.9. The normalized spacial score (nSPS) is 14.4. The van der Waals surface area contributed by atoms with E-state index in [1.807, 2.05) is 0 Å². The highest BCUT2D eigenvalue weighted by molar-refractivity contribution is 6.08. The zero-order valence-electron chi connectivity index (χ0n) is 13.6. The third-order valence-electron chi connectivity index (χ3n) is 3.27. The Balaban J connectivity index is 2.45. The van der Waals surface area contributed by atoms with Crippen molar-refractivity contribution in [2.75, 3.05) is 25.7 Å². The number of carbonyl (C=O) groups is 2. The number of benzene rings is 1. The van der Waals surface area contributed by atoms with Gasteiger partial charge in [-0.2, -0.15) is 0 Å². The van der Waals surface area contributed by atoms with E-state index < -0.39 is 11.7 Å². The van der Waals surface area contributed by atoms with Gasteiger partial charge < -0.3 is 14.2 Å². The summed E-state index contributed by atoms with van der Waals surface area (Å²) in [7, 11) is 3.01. The van der Waals surface area contributed by atoms with Gasteiger partial charge in [-0.1, -0.05) is 0 Å². The fourth-order valence-electron chi connectivity index (χ4n) is 2.29. The number of anilines is 1. The summed E-state index contributed by atoms with van der Waals surface area (Å²) in [5, 5.41) is 0. The molecule has 0 aromatic heterocycles. The fraction of sp³-hybridized carbons (Fsp3) is 0.500. The summed E-state index contributed by atoms with van der Waals surface area (Å²) in [6, 6.07) is 3.24. The largest absolute Gasteiger partial charge is 0.493 e. The Labute approximate surface area is 129 Å². The molecular weight excluding hydrogens is 286 g/mol. The smallest absolute Gasteiger partial charge is 0.414 e. The third-order valence-corrected chi connectivity index (χ3v) is 3.27. The molecule has 0 fully saturated rings. The van der Waals surface area contributed by atoms with Crippen molar-refractivity contribution in [3.8, 4) is 11.5 Å². The zero-order valence-corrected chi connectivity index (χ0v) is 13.6. The van der Waals surface area contributed by atoms with Crippen LogP contribution in [0.1, 0.15) is 37.6 Å². The minimum atomic E-state index is -0.602. The molecule has 0 saturated carbocycles. The maximum absolute atomic E-state index is 12.4. The summed E-state index contributed by atoms with van der Waals surface area (Å²) in [5.74, 6) is 0.890. The molecule has 0 atom stereocenters. The Morgan fingerprint density at radius 2 is 1.73 bits per heavy atom. The first-order chi connectivity index (χ1) is 10.3. The predicted molar refractivity (Wildman–Crippen MR) is 82.1 cm³/mol. The van der Waals surface area contributed by atoms with Crippen LogP contribution < -0.4 is 14.4 Å². The highest BCUT2D eigenvalue weighted by Gasteiger charge is 2.32. The van der Waals surface area contributed by atoms with Gasteiger partial charge in [-0.05, 0) is 26.8 Å². The molecule has 120 valence electrons. The van der Waals surface area contributed by atoms with Gasteiger partial charge in [-0.3, -0.25) is 9.69 Å². The molecule has 1 aliphatic rings. The Bertz CT molecular complexity index is 603. The van der Waals surface area contributed by atoms with Crippen LogP contribution in [0.25, 0.3) is 0 Å². The number of methoxy groups -OCH3 is 2. The molecule has 0 N–H and O–H groups in total. The SMILES string of the molecule is COc1cc2c(cc1OC)N(C(=O)OC(C)(C)C)CCC2=O. The first kappa shape index (κ1) is 16.1. The summed E-state index contributed by atoms with van der Waals surface area (Å²) in [5.41, 5.74) is 0.327. The van der Waals surface area contributed by atoms with Crippen LogP contribution >= 0.6 is 0 Å². The molecule has 1 aromatic carbocycles. The van der Waals surface area contributed by atoms with E-state index in [-0.39, 0.29) is 18.7 Å². The number of Topliss-reactive ketones (excluding diaryl/α,β-unsaturated/α-hetero) is 1. The molecule has 22 heavy (non-hydrogen) atoms. The highest BCUT2D eigenvalue weighted by Crippen LogP contribution is 2.38. The lowest BCUT2D eigenvalue weighted by Crippen LogP contribution is -2.41. The average molecular weight is 307 g/mol. The van der Waals surface area contributed by atoms with Crippen molar-refractivity contribution < 1.29 is 23.8 Å². The lowest BCUT2D eigenvalue weighted by Gasteiger charge is -2.31. The molecule has 1 aromatic rings. The molecule has 0 unspecified atom stereocenters. The Morgan fingerprint density at radius 1 is 1.14 bits per heavy atom. The zero-order chi connectivity index (χ0) is 16.5. The summed E-state index contributed by atoms with van der Waals surface area (Å²) >= 11 is 0. The van der Waals surface area contributed by atoms with Gasteiger partial charge in [0.1, 0.15) is 5.60 Å². The molecule has 6 heteroatoms. The van der Waals surface area contributed by atoms with E-state index in [0.717, 1.165) is 0 Å². The van der Waals surface area contributed by atoms with E-state index >= 15 is 0 Å². The summed E-state index contributed by atoms with van der Waals surface area (Å²) in [6.07, 6.45) is -0.227. The van der Waals surface area contributed by atoms with E-state index in [4.69, 9.17) is 14.2 Å². The van der Waals surface area contributed by atoms with Gasteiger partial charge in [0, 0.05) is 24.6 Å². The van der Waals surface area contributed by atoms with Crippen molar-refractivity contribution in [3.63, 3.8) is 0 Å². The molecule has 1 amide bonds. The predicted octanol–water partition coefficient (Wildman–Crippen LogP) is 3.03. The number of fused-ring (bicyclic) bond motifs is 1. The number of ketones is 1. The monoisotopic (exact) mass is 307 g/mol. The average Bonchev–Trinajstić information content (AvgIpc) is 2.44. The van der Waals surface area contributed by atoms with E-state index in [1.165, 1.54) is 19.1 Å². The molecule has 0 saturated heterocycles. The van der Waals surface area contributed by atoms with Crippen LogP contribution in [0.15, 0.2) is 12.1 Å². The third kappa shape index (κ3) is 3.16. The van der Waals surface area contributed by atoms with Crippen LogP contribution in [0.2, 0.25) is 0 Å². The molecule has 2 rings (SSSR count). The van der Waals surface area contributed by atoms with E-state index in [2.05, 4.69) is 0 Å². The maximum atomic E-state index is 12.4. The van der Waals surface area contributed by atoms with Crippen LogP contribution in [0.5, 0.6) is 11.5 Å². The van der Waals surface area contributed by atoms with Crippen LogP contribution in [-0.2, 0) is 4.74 Å². The Hall–Kier alpha value is -2.24. The number of hydrogen-bond donors (Lipinski definition) is 0. The van der Waals surface area contributed by atoms with Crippen molar-refractivity contribution in [2.24, 2.45) is 0 Å². The number of carbonyl (C=O) groups excluding carboxylic acids is 2. The molecule has 1 heterocycles. The van der Waals surface area contributed by atoms with Gasteiger partial charge in [0.2, 0.25) is 0 Å². The standard InChI is InChI=1S/C16H21NO5/c1-16(2,3)22-15(19)17-7-6-12(18)10-8-13(20-4)14(21-5)9-11(10)17/h8-9H,6-7H2,1-5H3. The minimum absolute atomic E-state index is 0.0317. The van der Waals surface area contributed by atoms with Gasteiger partial charge in [-0.15, -0.1) is 0 Å². The number of nitrogens with zero attached hydrogens (tertiary/aromatic N) is 1. The lowest BCUT2D eigenvalue weighted by atomic mass is 10.00. The number of hydrogen-bond acceptors (Lipinski definition) is 5. The molecule has 0 spiro atoms. The Kier molecular flexibility index (Phi) is 4.30. The van der Waals surface area contributed by atoms with Crippen LogP contribution in [-0.4, -0.2) is 38.2 Å². The van der Waals surface area contributed by atoms with Gasteiger partial charge in [0.15, 0.2) is 17.3 Å². The molecule has 0 bridgehead atoms. The van der Waals surface area contributed by atoms with Crippen molar-refractivity contribution in [1.82, 2.24) is 0 Å². The highest BCUT2D eigenvalue weighted by atomic mass is 16.6. The van der Waals surface area contributed by atoms with E-state index in [0.29, 0.717) is 22.7 Å². The lowest BCUT2D eigenvalue weighted by molar-refractivity contribution is 0.0577. The fourth-order valence-corrected chi connectivity index (χ4v) is 2.29. The second-order valence-electron chi connectivity index (χ2n) is 6.03. The Morgan fingerprint density at radius 3 is 2.27 bits per heavy atom. The molecular formula is C16H21NO5. The van der Waals surface area contributed by atoms with Crippen molar-refractivity contribution in [1.29, 1.82) is 0 Å². The quantitative estimate of drug-likeness (QED) is 0.840. The number of rotatable bonds is 2. The summed E-state index contributed by atoms with van der Waals surface area (Å²) in [4.78, 5) is 26.0. The second kappa shape index (κ2) is 5.87. The molecule has 0 aliphatic carbocycles. The number of amides is 1. The van der Waals surface area contributed by atoms with Crippen LogP contribution in [0.3, 0.4) is 0 Å². The topological polar surface area (TPSA) is 65.1 Å². The van der Waals surface area contributed by atoms with Crippen LogP contribution in [0, 0.1) is 0 Å². The van der Waals surface area contributed by atoms with Gasteiger partial charge in [0.05, 0.1) is 19.9 Å². The maximum Gasteiger partial charge on any atom is 0.414 e. The van der Waals surface area contributed by atoms with Crippen LogP contribution in [0.4, 0.5) is 10.5 Å². The van der Waals surface area contributed by atoms with Gasteiger partial charge in [-0.25, -0.2) is 4.79 Å². The van der Waals surface area contributed by atoms with Gasteiger partial charge in [0.25, 0.3) is 0 Å². The van der Waals surface area contributed by atoms with Crippen molar-refractivity contribution >= 4 is 17.6 Å². The molecule has 1 aliphatic heterocycles. The van der Waals surface area contributed by atoms with E-state index in [1.54, 1.807) is 32.9 Å². The summed E-state index contributed by atoms with van der Waals surface area (Å²) in [6.45, 7) is 5.69. The molecule has 6 nitrogen and oxygen atoms in total. The first-order valence-corrected chi connectivity index (χ1v) is 7.06. The number of ether oxygens (including phenoxy) is 3. The van der Waals surface area contributed by atoms with E-state index in [9.17, 15) is 9.59 Å². The van der Waals surface area contributed by atoms with Gasteiger partial charge >= 0.3 is 6.09 Å². The van der Waals surface area contributed by atoms with Crippen molar-refractivity contribution in [3.05, 3.63) is 17.7 Å². The first-order valence-electron chi connectivity index (χ1n) is 7.06. The van der Waals surface area contributed by atoms with Crippen molar-refractivity contribution in [2.45, 2.75) is 32.8 Å². The second-order valence-corrected chi connectivity index (χ2v) is 6.03. The minimum Gasteiger partial charge on any atom is -0.493 e. The molecule has 0 radical (unpaired) electrons.